The van der Waals surface area contributed by atoms with E-state index in [4.69, 9.17) is 10.2 Å². The van der Waals surface area contributed by atoms with Gasteiger partial charge in [-0.3, -0.25) is 4.79 Å². The lowest BCUT2D eigenvalue weighted by atomic mass is 10.0. The van der Waals surface area contributed by atoms with Crippen molar-refractivity contribution in [2.45, 2.75) is 84.0 Å². The molecule has 0 saturated heterocycles. The molecule has 0 aliphatic heterocycles. The zero-order valence-corrected chi connectivity index (χ0v) is 13.3. The van der Waals surface area contributed by atoms with Crippen molar-refractivity contribution >= 4 is 11.9 Å². The van der Waals surface area contributed by atoms with Gasteiger partial charge in [-0.25, -0.2) is 4.79 Å². The van der Waals surface area contributed by atoms with Gasteiger partial charge in [-0.1, -0.05) is 51.5 Å². The normalized spacial score (nSPS) is 11.6. The predicted octanol–water partition coefficient (Wildman–Crippen LogP) is 4.78. The van der Waals surface area contributed by atoms with Gasteiger partial charge < -0.3 is 10.2 Å². The lowest BCUT2D eigenvalue weighted by Gasteiger charge is -2.03. The van der Waals surface area contributed by atoms with Gasteiger partial charge in [0.15, 0.2) is 0 Å². The highest BCUT2D eigenvalue weighted by Crippen LogP contribution is 2.14. The van der Waals surface area contributed by atoms with Crippen LogP contribution in [0.25, 0.3) is 0 Å². The van der Waals surface area contributed by atoms with Crippen LogP contribution < -0.4 is 0 Å². The third kappa shape index (κ3) is 13.4. The molecule has 0 aromatic carbocycles. The molecule has 0 spiro atoms. The fraction of sp³-hybridized carbons (Fsp3) is 0.765. The van der Waals surface area contributed by atoms with Crippen LogP contribution in [0.2, 0.25) is 0 Å². The maximum absolute atomic E-state index is 11.1. The first-order chi connectivity index (χ1) is 10.1. The van der Waals surface area contributed by atoms with Crippen LogP contribution in [0.4, 0.5) is 0 Å². The fourth-order valence-corrected chi connectivity index (χ4v) is 2.27. The molecule has 0 bridgehead atoms. The predicted molar refractivity (Wildman–Crippen MR) is 84.4 cm³/mol. The molecule has 21 heavy (non-hydrogen) atoms. The molecule has 0 aromatic rings. The average Bonchev–Trinajstić information content (AvgIpc) is 2.43. The lowest BCUT2D eigenvalue weighted by Crippen LogP contribution is -2.01. The van der Waals surface area contributed by atoms with E-state index in [1.165, 1.54) is 32.1 Å². The SMILES string of the molecule is CCCCCCCC/C=C(/CCCCCC(=O)O)C(=O)O. The first kappa shape index (κ1) is 19.7. The van der Waals surface area contributed by atoms with E-state index in [0.29, 0.717) is 18.4 Å². The minimum atomic E-state index is -0.834. The van der Waals surface area contributed by atoms with Crippen LogP contribution in [0.15, 0.2) is 11.6 Å². The number of aliphatic carboxylic acids is 2. The summed E-state index contributed by atoms with van der Waals surface area (Å²) in [6.45, 7) is 2.19. The quantitative estimate of drug-likeness (QED) is 0.357. The maximum Gasteiger partial charge on any atom is 0.331 e. The maximum atomic E-state index is 11.1. The molecule has 0 heterocycles. The highest BCUT2D eigenvalue weighted by atomic mass is 16.4. The van der Waals surface area contributed by atoms with Gasteiger partial charge in [0.05, 0.1) is 0 Å². The molecule has 0 rings (SSSR count). The summed E-state index contributed by atoms with van der Waals surface area (Å²) in [4.78, 5) is 21.5. The monoisotopic (exact) mass is 298 g/mol. The zero-order valence-electron chi connectivity index (χ0n) is 13.3. The molecule has 0 fully saturated rings. The number of hydrogen-bond donors (Lipinski definition) is 2. The van der Waals surface area contributed by atoms with Gasteiger partial charge in [-0.15, -0.1) is 0 Å². The molecule has 0 aliphatic carbocycles. The second-order valence-electron chi connectivity index (χ2n) is 5.55. The van der Waals surface area contributed by atoms with Gasteiger partial charge in [0.25, 0.3) is 0 Å². The van der Waals surface area contributed by atoms with E-state index in [2.05, 4.69) is 6.92 Å². The number of allylic oxidation sites excluding steroid dienone is 1. The molecule has 2 N–H and O–H groups in total. The van der Waals surface area contributed by atoms with E-state index < -0.39 is 11.9 Å². The Labute approximate surface area is 128 Å². The Hall–Kier alpha value is -1.32. The van der Waals surface area contributed by atoms with Gasteiger partial charge >= 0.3 is 11.9 Å². The molecule has 0 atom stereocenters. The van der Waals surface area contributed by atoms with Crippen LogP contribution in [0, 0.1) is 0 Å². The molecule has 0 unspecified atom stereocenters. The van der Waals surface area contributed by atoms with E-state index >= 15 is 0 Å². The number of rotatable bonds is 14. The molecule has 0 saturated carbocycles. The molecule has 122 valence electrons. The lowest BCUT2D eigenvalue weighted by molar-refractivity contribution is -0.137. The van der Waals surface area contributed by atoms with Gasteiger partial charge in [0.1, 0.15) is 0 Å². The van der Waals surface area contributed by atoms with E-state index in [0.717, 1.165) is 25.7 Å². The first-order valence-corrected chi connectivity index (χ1v) is 8.22. The minimum absolute atomic E-state index is 0.171. The smallest absolute Gasteiger partial charge is 0.331 e. The molecule has 4 heteroatoms. The van der Waals surface area contributed by atoms with Crippen molar-refractivity contribution in [1.82, 2.24) is 0 Å². The number of carbonyl (C=O) groups is 2. The fourth-order valence-electron chi connectivity index (χ4n) is 2.27. The number of hydrogen-bond acceptors (Lipinski definition) is 2. The largest absolute Gasteiger partial charge is 0.481 e. The van der Waals surface area contributed by atoms with E-state index in [-0.39, 0.29) is 6.42 Å². The first-order valence-electron chi connectivity index (χ1n) is 8.22. The van der Waals surface area contributed by atoms with E-state index in [1.54, 1.807) is 0 Å². The van der Waals surface area contributed by atoms with Crippen LogP contribution in [-0.2, 0) is 9.59 Å². The Bertz CT molecular complexity index is 321. The minimum Gasteiger partial charge on any atom is -0.481 e. The summed E-state index contributed by atoms with van der Waals surface area (Å²) in [5.41, 5.74) is 0.485. The molecule has 0 aliphatic rings. The van der Waals surface area contributed by atoms with Crippen molar-refractivity contribution in [2.75, 3.05) is 0 Å². The summed E-state index contributed by atoms with van der Waals surface area (Å²) in [5, 5.41) is 17.7. The Balaban J connectivity index is 3.76. The summed E-state index contributed by atoms with van der Waals surface area (Å²) in [7, 11) is 0. The highest BCUT2D eigenvalue weighted by Gasteiger charge is 2.06. The van der Waals surface area contributed by atoms with Crippen LogP contribution in [0.5, 0.6) is 0 Å². The van der Waals surface area contributed by atoms with Crippen LogP contribution in [-0.4, -0.2) is 22.2 Å². The highest BCUT2D eigenvalue weighted by molar-refractivity contribution is 5.86. The number of unbranched alkanes of at least 4 members (excludes halogenated alkanes) is 8. The van der Waals surface area contributed by atoms with Gasteiger partial charge in [-0.05, 0) is 32.1 Å². The van der Waals surface area contributed by atoms with Crippen molar-refractivity contribution in [3.05, 3.63) is 11.6 Å². The number of carboxylic acids is 2. The molecule has 0 amide bonds. The summed E-state index contributed by atoms with van der Waals surface area (Å²) in [6, 6.07) is 0. The zero-order chi connectivity index (χ0) is 15.9. The van der Waals surface area contributed by atoms with Gasteiger partial charge in [0.2, 0.25) is 0 Å². The summed E-state index contributed by atoms with van der Waals surface area (Å²) >= 11 is 0. The Morgan fingerprint density at radius 2 is 1.38 bits per heavy atom. The summed E-state index contributed by atoms with van der Waals surface area (Å²) in [6.07, 6.45) is 12.8. The molecular weight excluding hydrogens is 268 g/mol. The van der Waals surface area contributed by atoms with Crippen LogP contribution in [0.3, 0.4) is 0 Å². The van der Waals surface area contributed by atoms with Crippen molar-refractivity contribution in [1.29, 1.82) is 0 Å². The standard InChI is InChI=1S/C17H30O4/c1-2-3-4-5-6-7-9-12-15(17(20)21)13-10-8-11-14-16(18)19/h12H,2-11,13-14H2,1H3,(H,18,19)(H,20,21)/b15-12-. The topological polar surface area (TPSA) is 74.6 Å². The summed E-state index contributed by atoms with van der Waals surface area (Å²) in [5.74, 6) is -1.62. The molecular formula is C17H30O4. The summed E-state index contributed by atoms with van der Waals surface area (Å²) < 4.78 is 0. The van der Waals surface area contributed by atoms with Gasteiger partial charge in [-0.2, -0.15) is 0 Å². The Morgan fingerprint density at radius 3 is 2.00 bits per heavy atom. The second-order valence-corrected chi connectivity index (χ2v) is 5.55. The average molecular weight is 298 g/mol. The second kappa shape index (κ2) is 13.7. The van der Waals surface area contributed by atoms with E-state index in [9.17, 15) is 9.59 Å². The van der Waals surface area contributed by atoms with Crippen LogP contribution >= 0.6 is 0 Å². The van der Waals surface area contributed by atoms with Crippen LogP contribution in [0.1, 0.15) is 84.0 Å². The molecule has 0 radical (unpaired) electrons. The third-order valence-corrected chi connectivity index (χ3v) is 3.56. The van der Waals surface area contributed by atoms with E-state index in [1.807, 2.05) is 6.08 Å². The Morgan fingerprint density at radius 1 is 0.810 bits per heavy atom. The molecule has 4 nitrogen and oxygen atoms in total. The third-order valence-electron chi connectivity index (χ3n) is 3.56. The van der Waals surface area contributed by atoms with Crippen molar-refractivity contribution in [2.24, 2.45) is 0 Å². The van der Waals surface area contributed by atoms with Crippen molar-refractivity contribution in [3.8, 4) is 0 Å². The van der Waals surface area contributed by atoms with Gasteiger partial charge in [0, 0.05) is 12.0 Å². The van der Waals surface area contributed by atoms with Crippen molar-refractivity contribution < 1.29 is 19.8 Å². The Kier molecular flexibility index (Phi) is 12.8. The number of carboxylic acid groups (broad SMARTS) is 2. The van der Waals surface area contributed by atoms with Crippen molar-refractivity contribution in [3.63, 3.8) is 0 Å². The molecule has 0 aromatic heterocycles.